The Kier molecular flexibility index (Phi) is 14.6. The summed E-state index contributed by atoms with van der Waals surface area (Å²) in [6.45, 7) is 2.58. The number of alkyl halides is 4. The summed E-state index contributed by atoms with van der Waals surface area (Å²) in [5.41, 5.74) is 3.38. The molecule has 4 aliphatic rings. The number of hydrogen-bond donors (Lipinski definition) is 0. The quantitative estimate of drug-likeness (QED) is 0.209. The maximum atomic E-state index is 2.75. The molecule has 1 aromatic carbocycles. The van der Waals surface area contributed by atoms with Crippen molar-refractivity contribution < 1.29 is 21.2 Å². The Balaban J connectivity index is 1.46. The standard InChI is InChI=1S/C39H56I3/c1-29-10-9-15-34(31-16-20-37(40)21-17-31)26-35(32-18-22-38(41)23-19-32)27-36(30-11-7-4-8-12-30)28-39(42-25-24-29)33-13-5-2-3-6-14-33/h2-8,11-13,29,31-32,34-39H,9-10,14-28H2,1H3/q-1. The SMILES string of the molecule is CC1CCCC(C2CCC(I)CC2)CC(C2CCC(I)CC2)CC(c2ccccc2)CC(C2=CC=CC=CC2)[I-]CC1. The van der Waals surface area contributed by atoms with Gasteiger partial charge in [-0.1, -0.05) is 0 Å². The van der Waals surface area contributed by atoms with Crippen molar-refractivity contribution in [3.63, 3.8) is 0 Å². The third kappa shape index (κ3) is 10.6. The Morgan fingerprint density at radius 3 is 2.05 bits per heavy atom. The molecule has 1 heterocycles. The second-order valence-electron chi connectivity index (χ2n) is 14.3. The van der Waals surface area contributed by atoms with E-state index in [0.717, 1.165) is 41.4 Å². The van der Waals surface area contributed by atoms with Crippen molar-refractivity contribution >= 4 is 45.2 Å². The minimum atomic E-state index is 0.155. The van der Waals surface area contributed by atoms with Gasteiger partial charge in [-0.2, -0.15) is 0 Å². The molecular formula is C39H56I3-. The minimum absolute atomic E-state index is 0.155. The van der Waals surface area contributed by atoms with Crippen LogP contribution < -0.4 is 21.2 Å². The summed E-state index contributed by atoms with van der Waals surface area (Å²) in [4.78, 5) is 0. The van der Waals surface area contributed by atoms with E-state index in [2.05, 4.69) is 113 Å². The summed E-state index contributed by atoms with van der Waals surface area (Å²) in [7, 11) is 0. The topological polar surface area (TPSA) is 0 Å². The van der Waals surface area contributed by atoms with Crippen LogP contribution in [-0.2, 0) is 0 Å². The van der Waals surface area contributed by atoms with Gasteiger partial charge in [-0.15, -0.1) is 0 Å². The molecule has 2 saturated carbocycles. The van der Waals surface area contributed by atoms with Crippen LogP contribution in [0.3, 0.4) is 0 Å². The van der Waals surface area contributed by atoms with Crippen molar-refractivity contribution in [2.24, 2.45) is 29.6 Å². The van der Waals surface area contributed by atoms with Crippen molar-refractivity contribution in [2.45, 2.75) is 127 Å². The molecular weight excluding hydrogens is 849 g/mol. The molecule has 42 heavy (non-hydrogen) atoms. The van der Waals surface area contributed by atoms with Gasteiger partial charge in [-0.05, 0) is 0 Å². The molecule has 3 heteroatoms. The molecule has 0 amide bonds. The number of rotatable bonds is 4. The number of allylic oxidation sites excluding steroid dienone is 6. The van der Waals surface area contributed by atoms with Crippen LogP contribution >= 0.6 is 45.2 Å². The molecule has 1 aromatic rings. The Hall–Kier alpha value is 0.630. The molecule has 0 nitrogen and oxygen atoms in total. The maximum absolute atomic E-state index is 2.75. The van der Waals surface area contributed by atoms with Gasteiger partial charge in [0.15, 0.2) is 0 Å². The van der Waals surface area contributed by atoms with Gasteiger partial charge in [0, 0.05) is 0 Å². The Labute approximate surface area is 296 Å². The first-order valence-corrected chi connectivity index (χ1v) is 22.7. The first kappa shape index (κ1) is 34.0. The third-order valence-corrected chi connectivity index (χ3v) is 17.4. The molecule has 1 aliphatic heterocycles. The molecule has 5 rings (SSSR count). The van der Waals surface area contributed by atoms with Crippen LogP contribution in [-0.4, -0.2) is 16.2 Å². The van der Waals surface area contributed by atoms with Gasteiger partial charge in [-0.25, -0.2) is 0 Å². The van der Waals surface area contributed by atoms with E-state index in [1.165, 1.54) is 107 Å². The summed E-state index contributed by atoms with van der Waals surface area (Å²) in [5, 5.41) is 0. The van der Waals surface area contributed by atoms with Gasteiger partial charge in [0.05, 0.1) is 0 Å². The van der Waals surface area contributed by atoms with Crippen LogP contribution in [0.5, 0.6) is 0 Å². The van der Waals surface area contributed by atoms with Gasteiger partial charge < -0.3 is 0 Å². The fourth-order valence-corrected chi connectivity index (χ4v) is 14.2. The molecule has 3 fully saturated rings. The number of halogens is 3. The Bertz CT molecular complexity index is 996. The van der Waals surface area contributed by atoms with Gasteiger partial charge in [-0.3, -0.25) is 0 Å². The summed E-state index contributed by atoms with van der Waals surface area (Å²) in [6, 6.07) is 11.9. The second kappa shape index (κ2) is 18.1. The average molecular weight is 906 g/mol. The van der Waals surface area contributed by atoms with Crippen LogP contribution in [0, 0.1) is 29.6 Å². The summed E-state index contributed by atoms with van der Waals surface area (Å²) in [5.74, 6) is 5.43. The van der Waals surface area contributed by atoms with Crippen LogP contribution in [0.4, 0.5) is 0 Å². The zero-order valence-corrected chi connectivity index (χ0v) is 32.6. The zero-order chi connectivity index (χ0) is 29.1. The molecule has 0 N–H and O–H groups in total. The molecule has 0 aromatic heterocycles. The molecule has 0 bridgehead atoms. The Morgan fingerprint density at radius 1 is 0.643 bits per heavy atom. The molecule has 5 unspecified atom stereocenters. The molecule has 234 valence electrons. The first-order chi connectivity index (χ1) is 20.5. The second-order valence-corrected chi connectivity index (χ2v) is 21.2. The molecule has 0 radical (unpaired) electrons. The molecule has 0 spiro atoms. The van der Waals surface area contributed by atoms with E-state index in [1.54, 1.807) is 11.1 Å². The van der Waals surface area contributed by atoms with Crippen molar-refractivity contribution in [2.75, 3.05) is 4.43 Å². The fourth-order valence-electron chi connectivity index (χ4n) is 8.62. The monoisotopic (exact) mass is 905 g/mol. The van der Waals surface area contributed by atoms with E-state index in [4.69, 9.17) is 0 Å². The molecule has 3 aliphatic carbocycles. The fraction of sp³-hybridized carbons (Fsp3) is 0.692. The first-order valence-electron chi connectivity index (χ1n) is 17.5. The van der Waals surface area contributed by atoms with Gasteiger partial charge >= 0.3 is 300 Å². The summed E-state index contributed by atoms with van der Waals surface area (Å²) >= 11 is 5.65. The van der Waals surface area contributed by atoms with E-state index >= 15 is 0 Å². The summed E-state index contributed by atoms with van der Waals surface area (Å²) < 4.78 is 4.16. The molecule has 5 atom stereocenters. The van der Waals surface area contributed by atoms with Crippen molar-refractivity contribution in [1.29, 1.82) is 0 Å². The van der Waals surface area contributed by atoms with Crippen LogP contribution in [0.25, 0.3) is 0 Å². The van der Waals surface area contributed by atoms with Crippen molar-refractivity contribution in [1.82, 2.24) is 0 Å². The average Bonchev–Trinajstić information content (AvgIpc) is 3.30. The molecule has 1 saturated heterocycles. The van der Waals surface area contributed by atoms with E-state index in [0.29, 0.717) is 5.92 Å². The third-order valence-electron chi connectivity index (χ3n) is 11.3. The van der Waals surface area contributed by atoms with E-state index in [-0.39, 0.29) is 21.2 Å². The predicted octanol–water partition coefficient (Wildman–Crippen LogP) is 9.27. The van der Waals surface area contributed by atoms with E-state index in [9.17, 15) is 0 Å². The van der Waals surface area contributed by atoms with Crippen molar-refractivity contribution in [3.05, 3.63) is 71.8 Å². The zero-order valence-electron chi connectivity index (χ0n) is 26.1. The van der Waals surface area contributed by atoms with Gasteiger partial charge in [0.1, 0.15) is 0 Å². The van der Waals surface area contributed by atoms with Crippen LogP contribution in [0.2, 0.25) is 0 Å². The predicted molar refractivity (Wildman–Crippen MR) is 197 cm³/mol. The van der Waals surface area contributed by atoms with Gasteiger partial charge in [0.2, 0.25) is 0 Å². The normalized spacial score (nSPS) is 38.0. The number of benzene rings is 1. The van der Waals surface area contributed by atoms with E-state index in [1.807, 2.05) is 0 Å². The van der Waals surface area contributed by atoms with Gasteiger partial charge in [0.25, 0.3) is 0 Å². The summed E-state index contributed by atoms with van der Waals surface area (Å²) in [6.07, 6.45) is 35.1. The van der Waals surface area contributed by atoms with Crippen molar-refractivity contribution in [3.8, 4) is 0 Å². The van der Waals surface area contributed by atoms with Crippen LogP contribution in [0.1, 0.15) is 121 Å². The van der Waals surface area contributed by atoms with Crippen LogP contribution in [0.15, 0.2) is 66.3 Å². The Morgan fingerprint density at radius 2 is 1.33 bits per heavy atom. The number of hydrogen-bond acceptors (Lipinski definition) is 0. The van der Waals surface area contributed by atoms with E-state index < -0.39 is 0 Å².